The summed E-state index contributed by atoms with van der Waals surface area (Å²) < 4.78 is 0. The molecule has 0 atom stereocenters. The lowest BCUT2D eigenvalue weighted by Gasteiger charge is -2.38. The van der Waals surface area contributed by atoms with E-state index in [4.69, 9.17) is 5.73 Å². The van der Waals surface area contributed by atoms with Crippen molar-refractivity contribution < 1.29 is 4.79 Å². The normalized spacial score (nSPS) is 17.9. The van der Waals surface area contributed by atoms with Crippen molar-refractivity contribution in [3.63, 3.8) is 0 Å². The van der Waals surface area contributed by atoms with Crippen LogP contribution in [0.4, 0.5) is 0 Å². The average molecular weight is 304 g/mol. The van der Waals surface area contributed by atoms with E-state index in [9.17, 15) is 4.79 Å². The van der Waals surface area contributed by atoms with Crippen LogP contribution in [-0.4, -0.2) is 30.4 Å². The first kappa shape index (κ1) is 16.1. The first-order valence-electron chi connectivity index (χ1n) is 7.47. The molecule has 114 valence electrons. The fraction of sp³-hybridized carbons (Fsp3) is 0.588. The van der Waals surface area contributed by atoms with Crippen molar-refractivity contribution in [1.29, 1.82) is 0 Å². The third-order valence-corrected chi connectivity index (χ3v) is 5.18. The van der Waals surface area contributed by atoms with Gasteiger partial charge < -0.3 is 10.6 Å². The molecule has 2 rings (SSSR count). The van der Waals surface area contributed by atoms with Crippen LogP contribution in [-0.2, 0) is 0 Å². The summed E-state index contributed by atoms with van der Waals surface area (Å²) in [5.41, 5.74) is 6.53. The van der Waals surface area contributed by atoms with Gasteiger partial charge in [0.15, 0.2) is 0 Å². The molecule has 0 spiro atoms. The highest BCUT2D eigenvalue weighted by Crippen LogP contribution is 2.36. The van der Waals surface area contributed by atoms with Crippen LogP contribution in [0.25, 0.3) is 0 Å². The average Bonchev–Trinajstić information content (AvgIpc) is 2.92. The highest BCUT2D eigenvalue weighted by atomic mass is 32.1. The topological polar surface area (TPSA) is 46.3 Å². The molecule has 0 aliphatic heterocycles. The second-order valence-corrected chi connectivity index (χ2v) is 7.43. The Hall–Kier alpha value is -1.31. The molecule has 21 heavy (non-hydrogen) atoms. The third-order valence-electron chi connectivity index (χ3n) is 4.34. The van der Waals surface area contributed by atoms with E-state index in [0.29, 0.717) is 18.0 Å². The molecule has 0 saturated heterocycles. The Balaban J connectivity index is 2.01. The van der Waals surface area contributed by atoms with Crippen LogP contribution in [0.15, 0.2) is 11.4 Å². The van der Waals surface area contributed by atoms with Crippen molar-refractivity contribution >= 4 is 17.2 Å². The number of carbonyl (C=O) groups excluding carboxylic acids is 1. The quantitative estimate of drug-likeness (QED) is 0.853. The molecule has 2 N–H and O–H groups in total. The van der Waals surface area contributed by atoms with Crippen molar-refractivity contribution in [3.8, 4) is 11.8 Å². The zero-order chi connectivity index (χ0) is 15.5. The highest BCUT2D eigenvalue weighted by molar-refractivity contribution is 7.10. The number of thiophene rings is 1. The first-order valence-corrected chi connectivity index (χ1v) is 8.35. The van der Waals surface area contributed by atoms with Crippen LogP contribution in [0.3, 0.4) is 0 Å². The smallest absolute Gasteiger partial charge is 0.254 e. The molecule has 1 heterocycles. The Morgan fingerprint density at radius 1 is 1.48 bits per heavy atom. The monoisotopic (exact) mass is 304 g/mol. The van der Waals surface area contributed by atoms with Gasteiger partial charge in [-0.2, -0.15) is 0 Å². The Morgan fingerprint density at radius 2 is 2.14 bits per heavy atom. The van der Waals surface area contributed by atoms with E-state index in [1.807, 2.05) is 23.4 Å². The lowest BCUT2D eigenvalue weighted by atomic mass is 9.75. The maximum absolute atomic E-state index is 12.6. The predicted molar refractivity (Wildman–Crippen MR) is 88.4 cm³/mol. The van der Waals surface area contributed by atoms with Crippen LogP contribution in [0, 0.1) is 17.3 Å². The van der Waals surface area contributed by atoms with Gasteiger partial charge in [0.05, 0.1) is 17.0 Å². The maximum Gasteiger partial charge on any atom is 0.254 e. The second kappa shape index (κ2) is 6.64. The van der Waals surface area contributed by atoms with Crippen LogP contribution in [0.2, 0.25) is 0 Å². The molecule has 1 aliphatic carbocycles. The molecule has 3 nitrogen and oxygen atoms in total. The largest absolute Gasteiger partial charge is 0.339 e. The van der Waals surface area contributed by atoms with Crippen molar-refractivity contribution in [1.82, 2.24) is 4.90 Å². The molecule has 0 bridgehead atoms. The number of amides is 1. The second-order valence-electron chi connectivity index (χ2n) is 6.52. The number of nitrogens with zero attached hydrogens (tertiary/aromatic N) is 1. The number of nitrogens with two attached hydrogens (primary N) is 1. The fourth-order valence-electron chi connectivity index (χ4n) is 2.79. The van der Waals surface area contributed by atoms with Gasteiger partial charge in [-0.1, -0.05) is 25.7 Å². The van der Waals surface area contributed by atoms with Crippen molar-refractivity contribution in [3.05, 3.63) is 21.9 Å². The summed E-state index contributed by atoms with van der Waals surface area (Å²) in [6, 6.07) is 2.24. The van der Waals surface area contributed by atoms with E-state index in [1.165, 1.54) is 24.2 Å². The van der Waals surface area contributed by atoms with Gasteiger partial charge in [0.2, 0.25) is 0 Å². The molecule has 0 radical (unpaired) electrons. The SMILES string of the molecule is CN(C(=O)c1csc(C#CCN)c1)C1CCC(C)(C)CC1. The molecular weight excluding hydrogens is 280 g/mol. The summed E-state index contributed by atoms with van der Waals surface area (Å²) in [5, 5.41) is 1.89. The third kappa shape index (κ3) is 4.09. The van der Waals surface area contributed by atoms with Crippen molar-refractivity contribution in [2.24, 2.45) is 11.1 Å². The molecule has 1 aromatic rings. The summed E-state index contributed by atoms with van der Waals surface area (Å²) in [7, 11) is 1.92. The molecule has 4 heteroatoms. The van der Waals surface area contributed by atoms with E-state index in [2.05, 4.69) is 25.7 Å². The maximum atomic E-state index is 12.6. The van der Waals surface area contributed by atoms with E-state index in [-0.39, 0.29) is 5.91 Å². The van der Waals surface area contributed by atoms with Gasteiger partial charge in [0.25, 0.3) is 5.91 Å². The van der Waals surface area contributed by atoms with Gasteiger partial charge in [-0.05, 0) is 37.2 Å². The van der Waals surface area contributed by atoms with Crippen LogP contribution < -0.4 is 5.73 Å². The van der Waals surface area contributed by atoms with Crippen molar-refractivity contribution in [2.75, 3.05) is 13.6 Å². The minimum Gasteiger partial charge on any atom is -0.339 e. The fourth-order valence-corrected chi connectivity index (χ4v) is 3.54. The Labute approximate surface area is 131 Å². The zero-order valence-electron chi connectivity index (χ0n) is 13.1. The number of hydrogen-bond donors (Lipinski definition) is 1. The van der Waals surface area contributed by atoms with Gasteiger partial charge in [-0.15, -0.1) is 11.3 Å². The lowest BCUT2D eigenvalue weighted by Crippen LogP contribution is -2.40. The summed E-state index contributed by atoms with van der Waals surface area (Å²) in [5.74, 6) is 5.91. The van der Waals surface area contributed by atoms with E-state index in [1.54, 1.807) is 0 Å². The molecule has 1 fully saturated rings. The predicted octanol–water partition coefficient (Wildman–Crippen LogP) is 3.10. The number of rotatable bonds is 2. The van der Waals surface area contributed by atoms with Crippen LogP contribution in [0.1, 0.15) is 54.8 Å². The highest BCUT2D eigenvalue weighted by Gasteiger charge is 2.30. The van der Waals surface area contributed by atoms with Crippen LogP contribution >= 0.6 is 11.3 Å². The lowest BCUT2D eigenvalue weighted by molar-refractivity contribution is 0.0636. The molecule has 0 unspecified atom stereocenters. The van der Waals surface area contributed by atoms with E-state index < -0.39 is 0 Å². The van der Waals surface area contributed by atoms with Gasteiger partial charge in [0.1, 0.15) is 0 Å². The zero-order valence-corrected chi connectivity index (χ0v) is 13.9. The summed E-state index contributed by atoms with van der Waals surface area (Å²) in [6.45, 7) is 4.97. The number of carbonyl (C=O) groups is 1. The Morgan fingerprint density at radius 3 is 2.76 bits per heavy atom. The van der Waals surface area contributed by atoms with Crippen LogP contribution in [0.5, 0.6) is 0 Å². The van der Waals surface area contributed by atoms with Gasteiger partial charge in [-0.25, -0.2) is 0 Å². The first-order chi connectivity index (χ1) is 9.93. The minimum absolute atomic E-state index is 0.108. The molecule has 0 aromatic carbocycles. The molecular formula is C17H24N2OS. The van der Waals surface area contributed by atoms with Gasteiger partial charge in [0, 0.05) is 18.5 Å². The molecule has 1 aliphatic rings. The minimum atomic E-state index is 0.108. The molecule has 1 saturated carbocycles. The Bertz CT molecular complexity index is 555. The number of hydrogen-bond acceptors (Lipinski definition) is 3. The summed E-state index contributed by atoms with van der Waals surface area (Å²) >= 11 is 1.50. The molecule has 1 amide bonds. The summed E-state index contributed by atoms with van der Waals surface area (Å²) in [4.78, 5) is 15.4. The Kier molecular flexibility index (Phi) is 5.08. The van der Waals surface area contributed by atoms with Crippen molar-refractivity contribution in [2.45, 2.75) is 45.6 Å². The van der Waals surface area contributed by atoms with Gasteiger partial charge >= 0.3 is 0 Å². The van der Waals surface area contributed by atoms with Gasteiger partial charge in [-0.3, -0.25) is 4.79 Å². The van der Waals surface area contributed by atoms with E-state index >= 15 is 0 Å². The standard InChI is InChI=1S/C17H24N2OS/c1-17(2)8-6-14(7-9-17)19(3)16(20)13-11-15(21-12-13)5-4-10-18/h11-12,14H,6-10,18H2,1-3H3. The van der Waals surface area contributed by atoms with E-state index in [0.717, 1.165) is 23.3 Å². The molecule has 1 aromatic heterocycles. The summed E-state index contributed by atoms with van der Waals surface area (Å²) in [6.07, 6.45) is 4.57.